The molecule has 0 aromatic heterocycles. The highest BCUT2D eigenvalue weighted by Crippen LogP contribution is 2.24. The van der Waals surface area contributed by atoms with Crippen molar-refractivity contribution in [2.24, 2.45) is 0 Å². The smallest absolute Gasteiger partial charge is 0.348 e. The molecule has 0 aliphatic heterocycles. The molecule has 0 heterocycles. The van der Waals surface area contributed by atoms with Crippen molar-refractivity contribution < 1.29 is 19.1 Å². The van der Waals surface area contributed by atoms with Gasteiger partial charge in [0.2, 0.25) is 6.10 Å². The lowest BCUT2D eigenvalue weighted by Crippen LogP contribution is -2.36. The van der Waals surface area contributed by atoms with Crippen LogP contribution in [0.25, 0.3) is 0 Å². The molecule has 5 nitrogen and oxygen atoms in total. The fourth-order valence-electron chi connectivity index (χ4n) is 2.37. The molecule has 2 aromatic rings. The van der Waals surface area contributed by atoms with Gasteiger partial charge < -0.3 is 14.8 Å². The maximum Gasteiger partial charge on any atom is 0.348 e. The molecule has 0 bridgehead atoms. The topological polar surface area (TPSA) is 64.6 Å². The lowest BCUT2D eigenvalue weighted by molar-refractivity contribution is -0.162. The van der Waals surface area contributed by atoms with Gasteiger partial charge >= 0.3 is 5.97 Å². The van der Waals surface area contributed by atoms with Gasteiger partial charge in [-0.3, -0.25) is 4.79 Å². The first-order valence-electron chi connectivity index (χ1n) is 8.41. The zero-order valence-corrected chi connectivity index (χ0v) is 14.1. The molecule has 1 saturated carbocycles. The average molecular weight is 339 g/mol. The first kappa shape index (κ1) is 17.0. The van der Waals surface area contributed by atoms with Crippen LogP contribution >= 0.6 is 0 Å². The number of carbonyl (C=O) groups excluding carboxylic acids is 2. The quantitative estimate of drug-likeness (QED) is 0.788. The zero-order valence-electron chi connectivity index (χ0n) is 14.1. The highest BCUT2D eigenvalue weighted by Gasteiger charge is 2.32. The summed E-state index contributed by atoms with van der Waals surface area (Å²) in [6.07, 6.45) is 0.141. The number of nitrogens with one attached hydrogen (secondary N) is 1. The van der Waals surface area contributed by atoms with E-state index in [0.717, 1.165) is 12.8 Å². The average Bonchev–Trinajstić information content (AvgIpc) is 3.45. The van der Waals surface area contributed by atoms with Gasteiger partial charge in [0.05, 0.1) is 0 Å². The van der Waals surface area contributed by atoms with E-state index >= 15 is 0 Å². The van der Waals surface area contributed by atoms with Crippen LogP contribution in [0.2, 0.25) is 0 Å². The van der Waals surface area contributed by atoms with Crippen molar-refractivity contribution in [1.29, 1.82) is 0 Å². The zero-order chi connectivity index (χ0) is 17.6. The van der Waals surface area contributed by atoms with E-state index in [4.69, 9.17) is 9.47 Å². The number of amides is 1. The second kappa shape index (κ2) is 7.83. The Labute approximate surface area is 147 Å². The lowest BCUT2D eigenvalue weighted by Gasteiger charge is -2.20. The fraction of sp³-hybridized carbons (Fsp3) is 0.300. The summed E-state index contributed by atoms with van der Waals surface area (Å²) in [5.41, 5.74) is 0.640. The van der Waals surface area contributed by atoms with Crippen molar-refractivity contribution in [3.63, 3.8) is 0 Å². The molecule has 0 radical (unpaired) electrons. The van der Waals surface area contributed by atoms with Crippen LogP contribution in [0.15, 0.2) is 60.7 Å². The number of rotatable bonds is 7. The lowest BCUT2D eigenvalue weighted by atomic mass is 10.1. The number of benzene rings is 2. The number of ether oxygens (including phenoxy) is 2. The van der Waals surface area contributed by atoms with Crippen molar-refractivity contribution in [3.8, 4) is 5.75 Å². The third-order valence-electron chi connectivity index (χ3n) is 3.89. The van der Waals surface area contributed by atoms with Gasteiger partial charge in [-0.2, -0.15) is 0 Å². The van der Waals surface area contributed by atoms with Gasteiger partial charge in [-0.05, 0) is 31.9 Å². The normalized spacial score (nSPS) is 15.7. The minimum Gasteiger partial charge on any atom is -0.479 e. The summed E-state index contributed by atoms with van der Waals surface area (Å²) < 4.78 is 11.1. The number of hydrogen-bond acceptors (Lipinski definition) is 4. The molecule has 0 spiro atoms. The van der Waals surface area contributed by atoms with Crippen LogP contribution in [0.3, 0.4) is 0 Å². The first-order chi connectivity index (χ1) is 12.1. The molecule has 1 aliphatic carbocycles. The van der Waals surface area contributed by atoms with Crippen LogP contribution < -0.4 is 10.1 Å². The highest BCUT2D eigenvalue weighted by molar-refractivity contribution is 5.86. The number of hydrogen-bond donors (Lipinski definition) is 1. The minimum atomic E-state index is -0.976. The summed E-state index contributed by atoms with van der Waals surface area (Å²) in [5.74, 6) is -0.303. The molecular weight excluding hydrogens is 318 g/mol. The SMILES string of the molecule is C[C@@H](Oc1ccccc1)C(=O)O[C@@H](C(=O)NC1CC1)c1ccccc1. The van der Waals surface area contributed by atoms with E-state index in [0.29, 0.717) is 11.3 Å². The number of esters is 1. The van der Waals surface area contributed by atoms with E-state index in [9.17, 15) is 9.59 Å². The van der Waals surface area contributed by atoms with Gasteiger partial charge in [-0.1, -0.05) is 48.5 Å². The largest absolute Gasteiger partial charge is 0.479 e. The third kappa shape index (κ3) is 4.83. The van der Waals surface area contributed by atoms with Gasteiger partial charge in [0.15, 0.2) is 6.10 Å². The summed E-state index contributed by atoms with van der Waals surface area (Å²) in [6, 6.07) is 18.2. The van der Waals surface area contributed by atoms with E-state index in [-0.39, 0.29) is 11.9 Å². The van der Waals surface area contributed by atoms with E-state index in [1.54, 1.807) is 31.2 Å². The third-order valence-corrected chi connectivity index (χ3v) is 3.89. The van der Waals surface area contributed by atoms with Crippen molar-refractivity contribution in [1.82, 2.24) is 5.32 Å². The fourth-order valence-corrected chi connectivity index (χ4v) is 2.37. The second-order valence-corrected chi connectivity index (χ2v) is 6.08. The Kier molecular flexibility index (Phi) is 5.33. The van der Waals surface area contributed by atoms with Gasteiger partial charge in [-0.25, -0.2) is 4.79 Å². The van der Waals surface area contributed by atoms with E-state index in [1.165, 1.54) is 0 Å². The van der Waals surface area contributed by atoms with Gasteiger partial charge in [-0.15, -0.1) is 0 Å². The molecule has 1 amide bonds. The standard InChI is InChI=1S/C20H21NO4/c1-14(24-17-10-6-3-7-11-17)20(23)25-18(15-8-4-2-5-9-15)19(22)21-16-12-13-16/h2-11,14,16,18H,12-13H2,1H3,(H,21,22)/t14-,18-/m1/s1. The number of carbonyl (C=O) groups is 2. The molecule has 1 fully saturated rings. The molecule has 0 unspecified atom stereocenters. The molecule has 1 N–H and O–H groups in total. The Bertz CT molecular complexity index is 713. The van der Waals surface area contributed by atoms with Crippen molar-refractivity contribution in [3.05, 3.63) is 66.2 Å². The maximum atomic E-state index is 12.5. The first-order valence-corrected chi connectivity index (χ1v) is 8.41. The summed E-state index contributed by atoms with van der Waals surface area (Å²) in [6.45, 7) is 1.61. The maximum absolute atomic E-state index is 12.5. The summed E-state index contributed by atoms with van der Waals surface area (Å²) in [5, 5.41) is 2.89. The Hall–Kier alpha value is -2.82. The summed E-state index contributed by atoms with van der Waals surface area (Å²) in [7, 11) is 0. The Balaban J connectivity index is 1.68. The van der Waals surface area contributed by atoms with E-state index < -0.39 is 18.2 Å². The summed E-state index contributed by atoms with van der Waals surface area (Å²) >= 11 is 0. The van der Waals surface area contributed by atoms with Crippen molar-refractivity contribution >= 4 is 11.9 Å². The molecule has 2 atom stereocenters. The molecule has 130 valence electrons. The summed E-state index contributed by atoms with van der Waals surface area (Å²) in [4.78, 5) is 24.9. The van der Waals surface area contributed by atoms with Crippen molar-refractivity contribution in [2.45, 2.75) is 38.0 Å². The Morgan fingerprint density at radius 1 is 1.00 bits per heavy atom. The molecule has 0 saturated heterocycles. The Morgan fingerprint density at radius 2 is 1.60 bits per heavy atom. The van der Waals surface area contributed by atoms with Crippen LogP contribution in [0.4, 0.5) is 0 Å². The van der Waals surface area contributed by atoms with Crippen LogP contribution in [-0.2, 0) is 14.3 Å². The van der Waals surface area contributed by atoms with Crippen LogP contribution in [0.1, 0.15) is 31.4 Å². The monoisotopic (exact) mass is 339 g/mol. The predicted octanol–water partition coefficient (Wildman–Crippen LogP) is 3.02. The molecule has 3 rings (SSSR count). The molecule has 25 heavy (non-hydrogen) atoms. The van der Waals surface area contributed by atoms with Gasteiger partial charge in [0.1, 0.15) is 5.75 Å². The van der Waals surface area contributed by atoms with Crippen molar-refractivity contribution in [2.75, 3.05) is 0 Å². The molecular formula is C20H21NO4. The van der Waals surface area contributed by atoms with Gasteiger partial charge in [0, 0.05) is 11.6 Å². The van der Waals surface area contributed by atoms with Crippen LogP contribution in [0.5, 0.6) is 5.75 Å². The predicted molar refractivity (Wildman–Crippen MR) is 93.0 cm³/mol. The highest BCUT2D eigenvalue weighted by atomic mass is 16.6. The number of para-hydroxylation sites is 1. The van der Waals surface area contributed by atoms with E-state index in [1.807, 2.05) is 36.4 Å². The minimum absolute atomic E-state index is 0.190. The molecule has 1 aliphatic rings. The van der Waals surface area contributed by atoms with Crippen LogP contribution in [-0.4, -0.2) is 24.0 Å². The van der Waals surface area contributed by atoms with Gasteiger partial charge in [0.25, 0.3) is 5.91 Å². The molecule has 5 heteroatoms. The second-order valence-electron chi connectivity index (χ2n) is 6.08. The van der Waals surface area contributed by atoms with E-state index in [2.05, 4.69) is 5.32 Å². The molecule has 2 aromatic carbocycles. The van der Waals surface area contributed by atoms with Crippen LogP contribution in [0, 0.1) is 0 Å². The Morgan fingerprint density at radius 3 is 2.20 bits per heavy atom.